The molecule has 0 unspecified atom stereocenters. The SMILES string of the molecule is C[C@@H](C/C=C/c1cncc(N)c1)NC(=O)c1nc2ncccc2[nH]1. The number of hydrogen-bond donors (Lipinski definition) is 3. The Kier molecular flexibility index (Phi) is 4.51. The van der Waals surface area contributed by atoms with Crippen LogP contribution in [0, 0.1) is 0 Å². The maximum Gasteiger partial charge on any atom is 0.287 e. The third kappa shape index (κ3) is 3.75. The number of H-pyrrole nitrogens is 1. The van der Waals surface area contributed by atoms with Crippen molar-refractivity contribution < 1.29 is 4.79 Å². The van der Waals surface area contributed by atoms with Crippen LogP contribution < -0.4 is 11.1 Å². The van der Waals surface area contributed by atoms with Gasteiger partial charge in [0.1, 0.15) is 0 Å². The predicted octanol–water partition coefficient (Wildman–Crippen LogP) is 2.16. The van der Waals surface area contributed by atoms with Crippen LogP contribution in [0.5, 0.6) is 0 Å². The number of nitrogens with one attached hydrogen (secondary N) is 2. The first-order chi connectivity index (χ1) is 11.6. The number of aromatic nitrogens is 4. The largest absolute Gasteiger partial charge is 0.397 e. The third-order valence-corrected chi connectivity index (χ3v) is 3.43. The Hall–Kier alpha value is -3.22. The van der Waals surface area contributed by atoms with E-state index in [-0.39, 0.29) is 17.8 Å². The van der Waals surface area contributed by atoms with Crippen LogP contribution in [0.2, 0.25) is 0 Å². The Labute approximate surface area is 139 Å². The van der Waals surface area contributed by atoms with Gasteiger partial charge < -0.3 is 16.0 Å². The van der Waals surface area contributed by atoms with Gasteiger partial charge in [-0.15, -0.1) is 0 Å². The Balaban J connectivity index is 1.58. The Morgan fingerprint density at radius 1 is 1.46 bits per heavy atom. The molecule has 3 rings (SSSR count). The number of aromatic amines is 1. The fourth-order valence-electron chi connectivity index (χ4n) is 2.28. The summed E-state index contributed by atoms with van der Waals surface area (Å²) in [6.07, 6.45) is 9.56. The molecule has 0 fully saturated rings. The number of pyridine rings is 2. The number of imidazole rings is 1. The van der Waals surface area contributed by atoms with Gasteiger partial charge in [-0.2, -0.15) is 0 Å². The van der Waals surface area contributed by atoms with E-state index in [9.17, 15) is 4.79 Å². The topological polar surface area (TPSA) is 110 Å². The highest BCUT2D eigenvalue weighted by atomic mass is 16.2. The van der Waals surface area contributed by atoms with E-state index in [2.05, 4.69) is 25.3 Å². The first-order valence-electron chi connectivity index (χ1n) is 7.60. The second-order valence-electron chi connectivity index (χ2n) is 5.52. The number of nitrogens with zero attached hydrogens (tertiary/aromatic N) is 3. The van der Waals surface area contributed by atoms with Crippen LogP contribution in [0.25, 0.3) is 17.2 Å². The zero-order valence-electron chi connectivity index (χ0n) is 13.2. The summed E-state index contributed by atoms with van der Waals surface area (Å²) in [6.45, 7) is 1.93. The van der Waals surface area contributed by atoms with Crippen LogP contribution in [0.15, 0.2) is 42.9 Å². The van der Waals surface area contributed by atoms with Gasteiger partial charge in [0.25, 0.3) is 5.91 Å². The summed E-state index contributed by atoms with van der Waals surface area (Å²) in [5.41, 5.74) is 8.51. The molecule has 0 radical (unpaired) electrons. The van der Waals surface area contributed by atoms with Crippen molar-refractivity contribution >= 4 is 28.8 Å². The van der Waals surface area contributed by atoms with Crippen molar-refractivity contribution in [3.05, 3.63) is 54.3 Å². The first kappa shape index (κ1) is 15.7. The van der Waals surface area contributed by atoms with E-state index in [1.54, 1.807) is 24.7 Å². The molecule has 0 aliphatic carbocycles. The zero-order valence-corrected chi connectivity index (χ0v) is 13.2. The summed E-state index contributed by atoms with van der Waals surface area (Å²) in [6, 6.07) is 5.43. The van der Waals surface area contributed by atoms with E-state index in [0.717, 1.165) is 11.1 Å². The molecule has 3 aromatic rings. The van der Waals surface area contributed by atoms with Gasteiger partial charge in [0, 0.05) is 24.6 Å². The maximum absolute atomic E-state index is 12.2. The third-order valence-electron chi connectivity index (χ3n) is 3.43. The molecule has 3 aromatic heterocycles. The van der Waals surface area contributed by atoms with Crippen LogP contribution in [-0.4, -0.2) is 31.9 Å². The van der Waals surface area contributed by atoms with Crippen LogP contribution in [0.1, 0.15) is 29.5 Å². The van der Waals surface area contributed by atoms with Gasteiger partial charge in [-0.3, -0.25) is 9.78 Å². The standard InChI is InChI=1S/C17H18N6O/c1-11(4-2-5-12-8-13(18)10-19-9-12)21-17(24)16-22-14-6-3-7-20-15(14)23-16/h2-3,5-11H,4,18H2,1H3,(H,21,24)(H,20,22,23)/b5-2+/t11-/m0/s1. The second kappa shape index (κ2) is 6.91. The number of rotatable bonds is 5. The summed E-state index contributed by atoms with van der Waals surface area (Å²) < 4.78 is 0. The number of anilines is 1. The molecule has 3 heterocycles. The minimum absolute atomic E-state index is 0.0380. The zero-order chi connectivity index (χ0) is 16.9. The monoisotopic (exact) mass is 322 g/mol. The fourth-order valence-corrected chi connectivity index (χ4v) is 2.28. The average Bonchev–Trinajstić information content (AvgIpc) is 2.99. The van der Waals surface area contributed by atoms with Crippen LogP contribution in [0.4, 0.5) is 5.69 Å². The summed E-state index contributed by atoms with van der Waals surface area (Å²) in [5, 5.41) is 2.90. The molecule has 1 amide bonds. The molecule has 0 saturated heterocycles. The molecule has 7 nitrogen and oxygen atoms in total. The highest BCUT2D eigenvalue weighted by Gasteiger charge is 2.13. The molecule has 1 atom stereocenters. The minimum atomic E-state index is -0.250. The Bertz CT molecular complexity index is 852. The molecule has 0 aliphatic rings. The lowest BCUT2D eigenvalue weighted by Gasteiger charge is -2.10. The van der Waals surface area contributed by atoms with Crippen LogP contribution >= 0.6 is 0 Å². The molecule has 0 spiro atoms. The molecule has 0 bridgehead atoms. The lowest BCUT2D eigenvalue weighted by Crippen LogP contribution is -2.32. The number of amides is 1. The summed E-state index contributed by atoms with van der Waals surface area (Å²) in [7, 11) is 0. The van der Waals surface area contributed by atoms with Crippen molar-refractivity contribution in [2.45, 2.75) is 19.4 Å². The predicted molar refractivity (Wildman–Crippen MR) is 93.1 cm³/mol. The molecule has 0 saturated carbocycles. The van der Waals surface area contributed by atoms with Gasteiger partial charge in [0.15, 0.2) is 11.5 Å². The number of carbonyl (C=O) groups excluding carboxylic acids is 1. The lowest BCUT2D eigenvalue weighted by molar-refractivity contribution is 0.0931. The molecule has 0 aromatic carbocycles. The fraction of sp³-hybridized carbons (Fsp3) is 0.176. The second-order valence-corrected chi connectivity index (χ2v) is 5.52. The molecule has 24 heavy (non-hydrogen) atoms. The molecular weight excluding hydrogens is 304 g/mol. The molecule has 4 N–H and O–H groups in total. The molecule has 7 heteroatoms. The molecular formula is C17H18N6O. The summed E-state index contributed by atoms with van der Waals surface area (Å²) in [4.78, 5) is 27.5. The summed E-state index contributed by atoms with van der Waals surface area (Å²) in [5.74, 6) is 0.0130. The molecule has 0 aliphatic heterocycles. The first-order valence-corrected chi connectivity index (χ1v) is 7.60. The maximum atomic E-state index is 12.2. The van der Waals surface area contributed by atoms with E-state index in [0.29, 0.717) is 17.8 Å². The van der Waals surface area contributed by atoms with Crippen LogP contribution in [0.3, 0.4) is 0 Å². The number of hydrogen-bond acceptors (Lipinski definition) is 5. The van der Waals surface area contributed by atoms with Crippen LogP contribution in [-0.2, 0) is 0 Å². The van der Waals surface area contributed by atoms with E-state index < -0.39 is 0 Å². The number of nitrogens with two attached hydrogens (primary N) is 1. The summed E-state index contributed by atoms with van der Waals surface area (Å²) >= 11 is 0. The van der Waals surface area contributed by atoms with Gasteiger partial charge in [-0.05, 0) is 37.1 Å². The van der Waals surface area contributed by atoms with Crippen molar-refractivity contribution in [2.24, 2.45) is 0 Å². The number of carbonyl (C=O) groups is 1. The van der Waals surface area contributed by atoms with Gasteiger partial charge in [0.2, 0.25) is 0 Å². The van der Waals surface area contributed by atoms with Crippen molar-refractivity contribution in [3.8, 4) is 0 Å². The highest BCUT2D eigenvalue weighted by molar-refractivity contribution is 5.93. The quantitative estimate of drug-likeness (QED) is 0.667. The van der Waals surface area contributed by atoms with Gasteiger partial charge in [-0.25, -0.2) is 9.97 Å². The average molecular weight is 322 g/mol. The van der Waals surface area contributed by atoms with Crippen molar-refractivity contribution in [2.75, 3.05) is 5.73 Å². The number of nitrogen functional groups attached to an aromatic ring is 1. The lowest BCUT2D eigenvalue weighted by atomic mass is 10.2. The number of fused-ring (bicyclic) bond motifs is 1. The van der Waals surface area contributed by atoms with E-state index in [4.69, 9.17) is 5.73 Å². The van der Waals surface area contributed by atoms with Gasteiger partial charge in [-0.1, -0.05) is 12.2 Å². The minimum Gasteiger partial charge on any atom is -0.397 e. The van der Waals surface area contributed by atoms with Crippen molar-refractivity contribution in [1.29, 1.82) is 0 Å². The normalized spacial score (nSPS) is 12.5. The van der Waals surface area contributed by atoms with E-state index in [1.165, 1.54) is 0 Å². The Morgan fingerprint density at radius 2 is 2.33 bits per heavy atom. The van der Waals surface area contributed by atoms with E-state index in [1.807, 2.05) is 31.2 Å². The van der Waals surface area contributed by atoms with E-state index >= 15 is 0 Å². The Morgan fingerprint density at radius 3 is 3.12 bits per heavy atom. The smallest absolute Gasteiger partial charge is 0.287 e. The van der Waals surface area contributed by atoms with Gasteiger partial charge in [0.05, 0.1) is 11.2 Å². The van der Waals surface area contributed by atoms with Crippen molar-refractivity contribution in [3.63, 3.8) is 0 Å². The highest BCUT2D eigenvalue weighted by Crippen LogP contribution is 2.09. The molecule has 122 valence electrons. The van der Waals surface area contributed by atoms with Gasteiger partial charge >= 0.3 is 0 Å². The van der Waals surface area contributed by atoms with Crippen molar-refractivity contribution in [1.82, 2.24) is 25.3 Å².